The van der Waals surface area contributed by atoms with Crippen molar-refractivity contribution in [3.05, 3.63) is 93.0 Å². The minimum Gasteiger partial charge on any atom is -0.465 e. The zero-order valence-electron chi connectivity index (χ0n) is 18.9. The average Bonchev–Trinajstić information content (AvgIpc) is 3.46. The van der Waals surface area contributed by atoms with Crippen molar-refractivity contribution in [3.8, 4) is 22.7 Å². The number of ether oxygens (including phenoxy) is 1. The van der Waals surface area contributed by atoms with Gasteiger partial charge in [0, 0.05) is 16.5 Å². The number of benzene rings is 3. The predicted molar refractivity (Wildman–Crippen MR) is 136 cm³/mol. The zero-order chi connectivity index (χ0) is 25.6. The smallest absolute Gasteiger partial charge is 0.337 e. The third-order valence-corrected chi connectivity index (χ3v) is 6.36. The van der Waals surface area contributed by atoms with Crippen molar-refractivity contribution in [2.24, 2.45) is 0 Å². The molecule has 3 aromatic carbocycles. The zero-order valence-corrected chi connectivity index (χ0v) is 21.2. The Morgan fingerprint density at radius 3 is 2.61 bits per heavy atom. The second kappa shape index (κ2) is 9.33. The number of fused-ring (bicyclic) bond motifs is 1. The van der Waals surface area contributed by atoms with E-state index in [0.29, 0.717) is 32.6 Å². The molecule has 2 aromatic heterocycles. The minimum absolute atomic E-state index is 0.0574. The number of esters is 1. The second-order valence-corrected chi connectivity index (χ2v) is 9.07. The number of aromatic nitrogens is 3. The highest BCUT2D eigenvalue weighted by Crippen LogP contribution is 2.34. The number of oxazole rings is 1. The maximum absolute atomic E-state index is 15.2. The molecule has 0 unspecified atom stereocenters. The molecule has 0 radical (unpaired) electrons. The third kappa shape index (κ3) is 4.10. The number of rotatable bonds is 4. The van der Waals surface area contributed by atoms with Gasteiger partial charge in [-0.1, -0.05) is 23.7 Å². The molecule has 5 aromatic rings. The van der Waals surface area contributed by atoms with Gasteiger partial charge in [0.1, 0.15) is 11.5 Å². The lowest BCUT2D eigenvalue weighted by Crippen LogP contribution is -2.15. The van der Waals surface area contributed by atoms with Gasteiger partial charge in [0.2, 0.25) is 5.89 Å². The fourth-order valence-corrected chi connectivity index (χ4v) is 4.51. The van der Waals surface area contributed by atoms with Crippen molar-refractivity contribution >= 4 is 50.3 Å². The van der Waals surface area contributed by atoms with Crippen LogP contribution >= 0.6 is 27.5 Å². The van der Waals surface area contributed by atoms with Crippen LogP contribution in [0.3, 0.4) is 0 Å². The van der Waals surface area contributed by atoms with E-state index in [4.69, 9.17) is 16.0 Å². The fourth-order valence-electron chi connectivity index (χ4n) is 3.95. The molecule has 0 atom stereocenters. The number of methoxy groups -OCH3 is 1. The van der Waals surface area contributed by atoms with E-state index in [-0.39, 0.29) is 27.4 Å². The van der Waals surface area contributed by atoms with Crippen LogP contribution in [0.2, 0.25) is 5.02 Å². The average molecular weight is 569 g/mol. The molecule has 0 saturated heterocycles. The number of hydrogen-bond acceptors (Lipinski definition) is 6. The largest absolute Gasteiger partial charge is 0.465 e. The number of nitrogens with zero attached hydrogens (tertiary/aromatic N) is 3. The maximum atomic E-state index is 15.2. The Hall–Kier alpha value is -3.82. The van der Waals surface area contributed by atoms with Crippen LogP contribution < -0.4 is 0 Å². The van der Waals surface area contributed by atoms with Crippen molar-refractivity contribution in [3.63, 3.8) is 0 Å². The molecule has 0 N–H and O–H groups in total. The second-order valence-electron chi connectivity index (χ2n) is 7.88. The van der Waals surface area contributed by atoms with Gasteiger partial charge in [0.15, 0.2) is 4.67 Å². The molecule has 0 spiro atoms. The third-order valence-electron chi connectivity index (χ3n) is 5.68. The molecular weight excluding hydrogens is 553 g/mol. The predicted octanol–water partition coefficient (Wildman–Crippen LogP) is 6.70. The highest BCUT2D eigenvalue weighted by molar-refractivity contribution is 9.10. The molecule has 0 aliphatic heterocycles. The number of carbonyl (C=O) groups is 2. The number of aryl methyl sites for hydroxylation is 1. The normalized spacial score (nSPS) is 11.1. The number of carbonyl (C=O) groups excluding carboxylic acids is 2. The van der Waals surface area contributed by atoms with Crippen molar-refractivity contribution in [2.75, 3.05) is 7.11 Å². The van der Waals surface area contributed by atoms with Gasteiger partial charge in [-0.3, -0.25) is 4.79 Å². The summed E-state index contributed by atoms with van der Waals surface area (Å²) < 4.78 is 27.0. The van der Waals surface area contributed by atoms with Crippen LogP contribution in [-0.2, 0) is 4.74 Å². The SMILES string of the molecule is COC(=O)c1ccc(-c2nn(C(=O)c3c(C)cccc3Cl)c3cc(-c4ncc(Br)o4)ccc23)c(F)c1. The van der Waals surface area contributed by atoms with Crippen LogP contribution in [0.5, 0.6) is 0 Å². The molecule has 0 bridgehead atoms. The summed E-state index contributed by atoms with van der Waals surface area (Å²) in [6, 6.07) is 14.2. The summed E-state index contributed by atoms with van der Waals surface area (Å²) in [5.74, 6) is -1.51. The molecule has 10 heteroatoms. The van der Waals surface area contributed by atoms with Gasteiger partial charge in [-0.05, 0) is 70.9 Å². The Bertz CT molecular complexity index is 1660. The molecule has 5 rings (SSSR count). The molecule has 0 saturated carbocycles. The summed E-state index contributed by atoms with van der Waals surface area (Å²) >= 11 is 9.61. The van der Waals surface area contributed by atoms with Crippen molar-refractivity contribution in [1.29, 1.82) is 0 Å². The van der Waals surface area contributed by atoms with E-state index in [1.165, 1.54) is 30.1 Å². The molecule has 2 heterocycles. The van der Waals surface area contributed by atoms with E-state index < -0.39 is 17.7 Å². The van der Waals surface area contributed by atoms with Crippen molar-refractivity contribution < 1.29 is 23.1 Å². The summed E-state index contributed by atoms with van der Waals surface area (Å²) in [4.78, 5) is 29.7. The summed E-state index contributed by atoms with van der Waals surface area (Å²) in [7, 11) is 1.22. The highest BCUT2D eigenvalue weighted by atomic mass is 79.9. The monoisotopic (exact) mass is 567 g/mol. The topological polar surface area (TPSA) is 87.2 Å². The summed E-state index contributed by atoms with van der Waals surface area (Å²) in [6.45, 7) is 1.77. The maximum Gasteiger partial charge on any atom is 0.337 e. The molecule has 180 valence electrons. The van der Waals surface area contributed by atoms with Crippen LogP contribution in [-0.4, -0.2) is 33.8 Å². The molecule has 0 amide bonds. The van der Waals surface area contributed by atoms with Crippen LogP contribution in [0, 0.1) is 12.7 Å². The lowest BCUT2D eigenvalue weighted by Gasteiger charge is -2.08. The lowest BCUT2D eigenvalue weighted by atomic mass is 10.0. The van der Waals surface area contributed by atoms with E-state index in [1.807, 2.05) is 0 Å². The first-order valence-electron chi connectivity index (χ1n) is 10.6. The quantitative estimate of drug-likeness (QED) is 0.224. The van der Waals surface area contributed by atoms with Gasteiger partial charge in [0.25, 0.3) is 5.91 Å². The molecule has 0 aliphatic carbocycles. The minimum atomic E-state index is -0.688. The van der Waals surface area contributed by atoms with E-state index in [2.05, 4.69) is 30.7 Å². The molecule has 0 fully saturated rings. The summed E-state index contributed by atoms with van der Waals surface area (Å²) in [6.07, 6.45) is 1.51. The Balaban J connectivity index is 1.75. The molecule has 0 aliphatic rings. The molecule has 7 nitrogen and oxygen atoms in total. The highest BCUT2D eigenvalue weighted by Gasteiger charge is 2.24. The standard InChI is InChI=1S/C26H16BrClFN3O4/c1-13-4-3-5-18(28)22(13)25(33)32-20-11-14(24-30-12-21(27)36-24)6-9-17(20)23(31-32)16-8-7-15(10-19(16)29)26(34)35-2/h3-12H,1-2H3. The summed E-state index contributed by atoms with van der Waals surface area (Å²) in [5, 5.41) is 5.28. The van der Waals surface area contributed by atoms with Gasteiger partial charge < -0.3 is 9.15 Å². The first-order chi connectivity index (χ1) is 17.3. The van der Waals surface area contributed by atoms with E-state index in [0.717, 1.165) is 6.07 Å². The fraction of sp³-hybridized carbons (Fsp3) is 0.0769. The number of halogens is 3. The molecular formula is C26H16BrClFN3O4. The van der Waals surface area contributed by atoms with E-state index >= 15 is 4.39 Å². The van der Waals surface area contributed by atoms with Crippen molar-refractivity contribution in [1.82, 2.24) is 14.8 Å². The first kappa shape index (κ1) is 23.9. The summed E-state index contributed by atoms with van der Waals surface area (Å²) in [5.41, 5.74) is 2.32. The van der Waals surface area contributed by atoms with E-state index in [9.17, 15) is 9.59 Å². The lowest BCUT2D eigenvalue weighted by molar-refractivity contribution is 0.0600. The van der Waals surface area contributed by atoms with Gasteiger partial charge >= 0.3 is 5.97 Å². The van der Waals surface area contributed by atoms with Crippen LogP contribution in [0.4, 0.5) is 4.39 Å². The van der Waals surface area contributed by atoms with Gasteiger partial charge in [0.05, 0.1) is 35.0 Å². The Labute approximate surface area is 217 Å². The van der Waals surface area contributed by atoms with Gasteiger partial charge in [-0.15, -0.1) is 0 Å². The Morgan fingerprint density at radius 1 is 1.14 bits per heavy atom. The van der Waals surface area contributed by atoms with Crippen LogP contribution in [0.25, 0.3) is 33.6 Å². The molecule has 36 heavy (non-hydrogen) atoms. The van der Waals surface area contributed by atoms with Crippen LogP contribution in [0.1, 0.15) is 26.3 Å². The van der Waals surface area contributed by atoms with E-state index in [1.54, 1.807) is 43.3 Å². The Kier molecular flexibility index (Phi) is 6.19. The van der Waals surface area contributed by atoms with Crippen LogP contribution in [0.15, 0.2) is 69.9 Å². The van der Waals surface area contributed by atoms with Crippen molar-refractivity contribution in [2.45, 2.75) is 6.92 Å². The Morgan fingerprint density at radius 2 is 1.94 bits per heavy atom. The first-order valence-corrected chi connectivity index (χ1v) is 11.8. The number of hydrogen-bond donors (Lipinski definition) is 0. The van der Waals surface area contributed by atoms with Gasteiger partial charge in [-0.25, -0.2) is 14.2 Å². The van der Waals surface area contributed by atoms with Gasteiger partial charge in [-0.2, -0.15) is 9.78 Å².